The van der Waals surface area contributed by atoms with Gasteiger partial charge in [-0.3, -0.25) is 0 Å². The summed E-state index contributed by atoms with van der Waals surface area (Å²) < 4.78 is 7.27. The summed E-state index contributed by atoms with van der Waals surface area (Å²) >= 11 is 7.40. The third-order valence-corrected chi connectivity index (χ3v) is 13.9. The Balaban J connectivity index is 0.000000722. The van der Waals surface area contributed by atoms with E-state index < -0.39 is 15.8 Å². The van der Waals surface area contributed by atoms with Gasteiger partial charge in [0.25, 0.3) is 0 Å². The molecule has 0 saturated heterocycles. The maximum absolute atomic E-state index is 7.27. The molecule has 243 valence electrons. The smallest absolute Gasteiger partial charge is 0.753 e. The zero-order valence-corrected chi connectivity index (χ0v) is 31.6. The Morgan fingerprint density at radius 2 is 0.735 bits per heavy atom. The topological polar surface area (TPSA) is 53.8 Å². The molecule has 6 aromatic rings. The molecule has 1 aliphatic heterocycles. The number of ether oxygens (including phenoxy) is 1. The van der Waals surface area contributed by atoms with Gasteiger partial charge < -0.3 is 15.6 Å². The predicted octanol–water partition coefficient (Wildman–Crippen LogP) is 8.41. The normalized spacial score (nSPS) is 11.8. The van der Waals surface area contributed by atoms with Gasteiger partial charge >= 0.3 is 16.8 Å². The van der Waals surface area contributed by atoms with Gasteiger partial charge in [0.15, 0.2) is 11.5 Å². The van der Waals surface area contributed by atoms with Crippen molar-refractivity contribution in [3.05, 3.63) is 180 Å². The summed E-state index contributed by atoms with van der Waals surface area (Å²) in [5.41, 5.74) is 2.30. The molecule has 1 heterocycles. The van der Waals surface area contributed by atoms with E-state index >= 15 is 0 Å². The fourth-order valence-electron chi connectivity index (χ4n) is 6.29. The van der Waals surface area contributed by atoms with Crippen LogP contribution in [-0.2, 0) is 22.2 Å². The number of fused-ring (bicyclic) bond motifs is 2. The van der Waals surface area contributed by atoms with Crippen LogP contribution in [0.3, 0.4) is 0 Å². The molecule has 0 aliphatic carbocycles. The second-order valence-electron chi connectivity index (χ2n) is 11.5. The van der Waals surface area contributed by atoms with Gasteiger partial charge in [-0.2, -0.15) is 10.3 Å². The second kappa shape index (κ2) is 18.2. The van der Waals surface area contributed by atoms with Crippen LogP contribution in [0.4, 0.5) is 0 Å². The summed E-state index contributed by atoms with van der Waals surface area (Å²) in [5.74, 6) is 2.07. The average molecular weight is 756 g/mol. The molecule has 7 rings (SSSR count). The summed E-state index contributed by atoms with van der Waals surface area (Å²) in [4.78, 5) is 0. The van der Waals surface area contributed by atoms with Gasteiger partial charge in [0.05, 0.1) is 0 Å². The Morgan fingerprint density at radius 1 is 0.469 bits per heavy atom. The van der Waals surface area contributed by atoms with E-state index in [4.69, 9.17) is 15.6 Å². The van der Waals surface area contributed by atoms with Crippen LogP contribution in [0, 0.1) is 0 Å². The molecule has 1 radical (unpaired) electrons. The molecule has 0 spiro atoms. The molecular weight excluding hydrogens is 721 g/mol. The van der Waals surface area contributed by atoms with E-state index in [1.165, 1.54) is 53.3 Å². The minimum atomic E-state index is -1.32. The molecule has 0 N–H and O–H groups in total. The molecule has 0 aromatic heterocycles. The summed E-state index contributed by atoms with van der Waals surface area (Å²) in [6.07, 6.45) is 0. The zero-order valence-electron chi connectivity index (χ0n) is 27.0. The van der Waals surface area contributed by atoms with Crippen molar-refractivity contribution in [1.82, 2.24) is 0 Å². The van der Waals surface area contributed by atoms with Crippen molar-refractivity contribution in [3.63, 3.8) is 0 Å². The van der Waals surface area contributed by atoms with E-state index in [1.54, 1.807) is 0 Å². The number of benzene rings is 6. The van der Waals surface area contributed by atoms with Crippen LogP contribution in [0.5, 0.6) is 11.5 Å². The predicted molar refractivity (Wildman–Crippen MR) is 217 cm³/mol. The SMILES string of the molecule is CC1(C)c2cccc([PH+](c3ccccc3)c3ccccc3)c2Oc2c([PH+](c3ccccc3)c3ccccc3)cccc21.[Co+2].[N-]=C=S.[N-]=C=S. The van der Waals surface area contributed by atoms with Crippen LogP contribution in [0.15, 0.2) is 158 Å². The van der Waals surface area contributed by atoms with Crippen molar-refractivity contribution in [1.29, 1.82) is 0 Å². The van der Waals surface area contributed by atoms with Gasteiger partial charge in [0.2, 0.25) is 0 Å². The number of thiocarbonyl (C=S) groups is 2. The Bertz CT molecular complexity index is 1810. The summed E-state index contributed by atoms with van der Waals surface area (Å²) in [5, 5.41) is 25.0. The van der Waals surface area contributed by atoms with Gasteiger partial charge in [-0.05, 0) is 60.7 Å². The van der Waals surface area contributed by atoms with Crippen molar-refractivity contribution in [3.8, 4) is 11.5 Å². The van der Waals surface area contributed by atoms with Crippen LogP contribution in [-0.4, -0.2) is 10.3 Å². The number of isothiocyanates is 2. The van der Waals surface area contributed by atoms with Gasteiger partial charge in [0.1, 0.15) is 47.7 Å². The molecule has 3 nitrogen and oxygen atoms in total. The zero-order chi connectivity index (χ0) is 33.9. The Morgan fingerprint density at radius 3 is 1.00 bits per heavy atom. The fourth-order valence-corrected chi connectivity index (χ4v) is 11.7. The molecule has 0 atom stereocenters. The molecule has 6 aromatic carbocycles. The van der Waals surface area contributed by atoms with E-state index in [9.17, 15) is 0 Å². The standard InChI is InChI=1S/C39H32OP2.2CNS.Co/c1-39(2)33-25-15-27-35(41(29-17-7-3-8-18-29)30-19-9-4-10-20-30)37(33)40-38-34(39)26-16-28-36(38)42(31-21-11-5-12-22-31)32-23-13-6-14-24-32;2*2-1-3;/h3-28H,1-2H3;;;/q;2*-1;+2/p+2. The van der Waals surface area contributed by atoms with Crippen LogP contribution in [0.1, 0.15) is 25.0 Å². The first-order chi connectivity index (χ1) is 23.5. The van der Waals surface area contributed by atoms with Crippen molar-refractivity contribution in [2.24, 2.45) is 0 Å². The summed E-state index contributed by atoms with van der Waals surface area (Å²) in [6, 6.07) is 57.5. The fraction of sp³-hybridized carbons (Fsp3) is 0.0732. The van der Waals surface area contributed by atoms with Crippen LogP contribution in [0.25, 0.3) is 10.8 Å². The third kappa shape index (κ3) is 8.46. The number of para-hydroxylation sites is 2. The molecule has 0 unspecified atom stereocenters. The number of nitrogens with zero attached hydrogens (tertiary/aromatic N) is 2. The van der Waals surface area contributed by atoms with Crippen molar-refractivity contribution >= 4 is 82.4 Å². The molecule has 0 saturated carbocycles. The molecule has 0 fully saturated rings. The first-order valence-electron chi connectivity index (χ1n) is 15.4. The first kappa shape index (κ1) is 37.9. The molecule has 0 bridgehead atoms. The average Bonchev–Trinajstić information content (AvgIpc) is 3.12. The van der Waals surface area contributed by atoms with Crippen molar-refractivity contribution < 1.29 is 21.5 Å². The van der Waals surface area contributed by atoms with Gasteiger partial charge in [0, 0.05) is 16.5 Å². The minimum absolute atomic E-state index is 0. The molecule has 1 aliphatic rings. The van der Waals surface area contributed by atoms with Crippen LogP contribution < -0.4 is 36.6 Å². The van der Waals surface area contributed by atoms with Crippen LogP contribution in [0.2, 0.25) is 0 Å². The van der Waals surface area contributed by atoms with Crippen LogP contribution >= 0.6 is 40.3 Å². The van der Waals surface area contributed by atoms with Crippen molar-refractivity contribution in [2.75, 3.05) is 0 Å². The quantitative estimate of drug-likeness (QED) is 0.0976. The summed E-state index contributed by atoms with van der Waals surface area (Å²) in [7, 11) is -2.64. The van der Waals surface area contributed by atoms with Crippen molar-refractivity contribution in [2.45, 2.75) is 19.3 Å². The van der Waals surface area contributed by atoms with E-state index in [2.05, 4.69) is 196 Å². The Kier molecular flexibility index (Phi) is 14.1. The maximum atomic E-state index is 7.27. The second-order valence-corrected chi connectivity index (χ2v) is 16.7. The minimum Gasteiger partial charge on any atom is -0.753 e. The number of rotatable bonds is 6. The largest absolute Gasteiger partial charge is 2.00 e. The molecule has 0 amide bonds. The van der Waals surface area contributed by atoms with E-state index in [0.717, 1.165) is 11.5 Å². The third-order valence-electron chi connectivity index (χ3n) is 8.37. The molecular formula is C41H34CoN2OP2S2+2. The van der Waals surface area contributed by atoms with E-state index in [-0.39, 0.29) is 22.2 Å². The summed E-state index contributed by atoms with van der Waals surface area (Å²) in [6.45, 7) is 4.71. The van der Waals surface area contributed by atoms with Gasteiger partial charge in [-0.1, -0.05) is 135 Å². The number of hydrogen-bond donors (Lipinski definition) is 0. The molecule has 8 heteroatoms. The maximum Gasteiger partial charge on any atom is 2.00 e. The number of hydrogen-bond acceptors (Lipinski definition) is 3. The first-order valence-corrected chi connectivity index (χ1v) is 19.2. The van der Waals surface area contributed by atoms with E-state index in [0.29, 0.717) is 0 Å². The van der Waals surface area contributed by atoms with Gasteiger partial charge in [-0.25, -0.2) is 0 Å². The van der Waals surface area contributed by atoms with Gasteiger partial charge in [-0.15, -0.1) is 0 Å². The van der Waals surface area contributed by atoms with E-state index in [1.807, 2.05) is 0 Å². The Hall–Kier alpha value is -3.91. The Labute approximate surface area is 312 Å². The monoisotopic (exact) mass is 755 g/mol. The molecule has 49 heavy (non-hydrogen) atoms.